The normalized spacial score (nSPS) is 22.9. The lowest BCUT2D eigenvalue weighted by molar-refractivity contribution is -0.144. The minimum atomic E-state index is -0.977. The van der Waals surface area contributed by atoms with Gasteiger partial charge in [0.05, 0.1) is 22.8 Å². The highest BCUT2D eigenvalue weighted by atomic mass is 32.1. The first-order valence-electron chi connectivity index (χ1n) is 13.0. The monoisotopic (exact) mass is 491 g/mol. The summed E-state index contributed by atoms with van der Waals surface area (Å²) in [7, 11) is 0. The Labute approximate surface area is 212 Å². The number of amides is 1. The Morgan fingerprint density at radius 2 is 1.97 bits per heavy atom. The highest BCUT2D eigenvalue weighted by Gasteiger charge is 2.44. The van der Waals surface area contributed by atoms with Crippen LogP contribution in [0, 0.1) is 24.2 Å². The van der Waals surface area contributed by atoms with Crippen LogP contribution in [0.1, 0.15) is 98.1 Å². The molecular formula is C28H49N3O2S. The van der Waals surface area contributed by atoms with Crippen LogP contribution >= 0.6 is 11.3 Å². The molecule has 1 fully saturated rings. The van der Waals surface area contributed by atoms with Crippen molar-refractivity contribution in [1.29, 1.82) is 0 Å². The highest BCUT2D eigenvalue weighted by molar-refractivity contribution is 7.09. The first-order valence-corrected chi connectivity index (χ1v) is 13.9. The van der Waals surface area contributed by atoms with Crippen LogP contribution in [0.15, 0.2) is 17.2 Å². The zero-order valence-electron chi connectivity index (χ0n) is 23.2. The molecule has 2 rings (SSSR count). The molecule has 0 bridgehead atoms. The van der Waals surface area contributed by atoms with Crippen LogP contribution in [0.25, 0.3) is 0 Å². The molecule has 1 aliphatic heterocycles. The highest BCUT2D eigenvalue weighted by Crippen LogP contribution is 2.35. The minimum absolute atomic E-state index is 0.0730. The Balaban J connectivity index is 2.03. The Kier molecular flexibility index (Phi) is 9.95. The summed E-state index contributed by atoms with van der Waals surface area (Å²) in [5.41, 5.74) is 3.31. The van der Waals surface area contributed by atoms with Gasteiger partial charge in [0.15, 0.2) is 0 Å². The van der Waals surface area contributed by atoms with Crippen LogP contribution in [0.3, 0.4) is 0 Å². The summed E-state index contributed by atoms with van der Waals surface area (Å²) >= 11 is 1.76. The van der Waals surface area contributed by atoms with Crippen molar-refractivity contribution in [3.63, 3.8) is 0 Å². The van der Waals surface area contributed by atoms with Crippen LogP contribution in [0.5, 0.6) is 0 Å². The van der Waals surface area contributed by atoms with E-state index in [9.17, 15) is 9.90 Å². The largest absolute Gasteiger partial charge is 0.387 e. The molecule has 6 heteroatoms. The second-order valence-electron chi connectivity index (χ2n) is 11.8. The number of likely N-dealkylation sites (tertiary alicyclic amines) is 1. The van der Waals surface area contributed by atoms with Gasteiger partial charge in [0, 0.05) is 35.8 Å². The molecule has 2 N–H and O–H groups in total. The molecule has 0 aromatic carbocycles. The lowest BCUT2D eigenvalue weighted by Crippen LogP contribution is -2.57. The van der Waals surface area contributed by atoms with Crippen molar-refractivity contribution in [2.45, 2.75) is 112 Å². The maximum absolute atomic E-state index is 13.2. The van der Waals surface area contributed by atoms with E-state index in [-0.39, 0.29) is 29.3 Å². The summed E-state index contributed by atoms with van der Waals surface area (Å²) in [4.78, 5) is 21.0. The number of rotatable bonds is 10. The van der Waals surface area contributed by atoms with Gasteiger partial charge in [-0.2, -0.15) is 0 Å². The van der Waals surface area contributed by atoms with Gasteiger partial charge >= 0.3 is 0 Å². The van der Waals surface area contributed by atoms with Crippen molar-refractivity contribution in [2.24, 2.45) is 17.3 Å². The van der Waals surface area contributed by atoms with Gasteiger partial charge in [-0.15, -0.1) is 11.3 Å². The average Bonchev–Trinajstić information content (AvgIpc) is 3.41. The summed E-state index contributed by atoms with van der Waals surface area (Å²) < 4.78 is 0. The third-order valence-corrected chi connectivity index (χ3v) is 9.15. The molecule has 6 atom stereocenters. The first kappa shape index (κ1) is 29.0. The number of aromatic nitrogens is 1. The zero-order chi connectivity index (χ0) is 25.8. The number of aliphatic hydroxyl groups is 1. The summed E-state index contributed by atoms with van der Waals surface area (Å²) in [5, 5.41) is 15.0. The zero-order valence-corrected chi connectivity index (χ0v) is 24.1. The van der Waals surface area contributed by atoms with Crippen molar-refractivity contribution in [3.05, 3.63) is 27.7 Å². The number of allylic oxidation sites excluding steroid dienone is 1. The number of aryl methyl sites for hydroxylation is 1. The van der Waals surface area contributed by atoms with Crippen LogP contribution < -0.4 is 5.32 Å². The van der Waals surface area contributed by atoms with Gasteiger partial charge in [-0.1, -0.05) is 53.2 Å². The standard InChI is InChI=1S/C28H49N3O2S/c1-11-23(25-22(6)30-17-34-25)19(3)15-18(2)21(5)29-16-28(10,33)24-13-12-14-31(24)26(32)20(4)27(7,8)9/h15,17,19-21,23-24,29,33H,11-14,16H2,1-10H3/b18-15+/t19?,20-,21+,23?,24+,28+/m1/s1. The summed E-state index contributed by atoms with van der Waals surface area (Å²) in [5.74, 6) is 0.977. The Hall–Kier alpha value is -1.24. The van der Waals surface area contributed by atoms with E-state index in [1.165, 1.54) is 10.5 Å². The second-order valence-corrected chi connectivity index (χ2v) is 12.7. The molecule has 2 unspecified atom stereocenters. The van der Waals surface area contributed by atoms with E-state index in [2.05, 4.69) is 71.8 Å². The average molecular weight is 492 g/mol. The molecule has 1 aromatic rings. The summed E-state index contributed by atoms with van der Waals surface area (Å²) in [6, 6.07) is -0.000438. The maximum Gasteiger partial charge on any atom is 0.226 e. The van der Waals surface area contributed by atoms with Gasteiger partial charge in [-0.05, 0) is 58.3 Å². The first-order chi connectivity index (χ1) is 15.7. The topological polar surface area (TPSA) is 65.5 Å². The van der Waals surface area contributed by atoms with Gasteiger partial charge < -0.3 is 15.3 Å². The molecule has 5 nitrogen and oxygen atoms in total. The Bertz CT molecular complexity index is 839. The number of hydrogen-bond acceptors (Lipinski definition) is 5. The number of nitrogens with one attached hydrogen (secondary N) is 1. The Morgan fingerprint density at radius 3 is 2.50 bits per heavy atom. The van der Waals surface area contributed by atoms with Gasteiger partial charge in [-0.25, -0.2) is 4.98 Å². The molecule has 0 saturated carbocycles. The molecular weight excluding hydrogens is 442 g/mol. The van der Waals surface area contributed by atoms with Crippen LogP contribution in [-0.2, 0) is 4.79 Å². The molecule has 194 valence electrons. The van der Waals surface area contributed by atoms with Crippen molar-refractivity contribution < 1.29 is 9.90 Å². The van der Waals surface area contributed by atoms with Crippen LogP contribution in [-0.4, -0.2) is 51.7 Å². The van der Waals surface area contributed by atoms with Gasteiger partial charge in [0.2, 0.25) is 5.91 Å². The fraction of sp³-hybridized carbons (Fsp3) is 0.786. The molecule has 1 aromatic heterocycles. The van der Waals surface area contributed by atoms with Crippen LogP contribution in [0.4, 0.5) is 0 Å². The van der Waals surface area contributed by atoms with Gasteiger partial charge in [0.1, 0.15) is 0 Å². The van der Waals surface area contributed by atoms with Gasteiger partial charge in [0.25, 0.3) is 0 Å². The number of carbonyl (C=O) groups excluding carboxylic acids is 1. The summed E-state index contributed by atoms with van der Waals surface area (Å²) in [6.07, 6.45) is 5.26. The van der Waals surface area contributed by atoms with Crippen molar-refractivity contribution >= 4 is 17.2 Å². The molecule has 0 aliphatic carbocycles. The maximum atomic E-state index is 13.2. The van der Waals surface area contributed by atoms with E-state index in [1.54, 1.807) is 11.3 Å². The molecule has 0 radical (unpaired) electrons. The van der Waals surface area contributed by atoms with E-state index in [1.807, 2.05) is 24.3 Å². The molecule has 1 aliphatic rings. The fourth-order valence-electron chi connectivity index (χ4n) is 5.07. The van der Waals surface area contributed by atoms with Gasteiger partial charge in [-0.3, -0.25) is 4.79 Å². The van der Waals surface area contributed by atoms with E-state index >= 15 is 0 Å². The Morgan fingerprint density at radius 1 is 1.32 bits per heavy atom. The van der Waals surface area contributed by atoms with E-state index in [0.717, 1.165) is 31.5 Å². The minimum Gasteiger partial charge on any atom is -0.387 e. The molecule has 1 amide bonds. The number of thiazole rings is 1. The van der Waals surface area contributed by atoms with E-state index in [0.29, 0.717) is 18.4 Å². The van der Waals surface area contributed by atoms with Crippen molar-refractivity contribution in [2.75, 3.05) is 13.1 Å². The summed E-state index contributed by atoms with van der Waals surface area (Å²) in [6.45, 7) is 22.4. The predicted octanol–water partition coefficient (Wildman–Crippen LogP) is 5.93. The molecule has 34 heavy (non-hydrogen) atoms. The molecule has 2 heterocycles. The van der Waals surface area contributed by atoms with E-state index in [4.69, 9.17) is 0 Å². The third-order valence-electron chi connectivity index (χ3n) is 8.09. The SMILES string of the molecule is CCC(c1scnc1C)C(C)/C=C(\C)[C@H](C)NC[C@](C)(O)[C@@H]1CCCN1C(=O)[C@@H](C)C(C)(C)C. The smallest absolute Gasteiger partial charge is 0.226 e. The third kappa shape index (κ3) is 6.92. The van der Waals surface area contributed by atoms with E-state index < -0.39 is 5.60 Å². The second kappa shape index (κ2) is 11.7. The predicted molar refractivity (Wildman–Crippen MR) is 144 cm³/mol. The quantitative estimate of drug-likeness (QED) is 0.398. The lowest BCUT2D eigenvalue weighted by Gasteiger charge is -2.40. The van der Waals surface area contributed by atoms with Crippen molar-refractivity contribution in [3.8, 4) is 0 Å². The van der Waals surface area contributed by atoms with Crippen LogP contribution in [0.2, 0.25) is 0 Å². The molecule has 0 spiro atoms. The fourth-order valence-corrected chi connectivity index (χ4v) is 6.18. The van der Waals surface area contributed by atoms with Crippen molar-refractivity contribution in [1.82, 2.24) is 15.2 Å². The number of nitrogens with zero attached hydrogens (tertiary/aromatic N) is 2. The molecule has 1 saturated heterocycles. The number of hydrogen-bond donors (Lipinski definition) is 2. The lowest BCUT2D eigenvalue weighted by atomic mass is 9.80. The number of carbonyl (C=O) groups is 1.